The lowest BCUT2D eigenvalue weighted by atomic mass is 10.1. The normalized spacial score (nSPS) is 27.7. The van der Waals surface area contributed by atoms with Crippen molar-refractivity contribution in [2.45, 2.75) is 33.0 Å². The van der Waals surface area contributed by atoms with Gasteiger partial charge in [-0.3, -0.25) is 4.84 Å². The van der Waals surface area contributed by atoms with E-state index in [4.69, 9.17) is 4.84 Å². The molecule has 2 unspecified atom stereocenters. The van der Waals surface area contributed by atoms with Crippen molar-refractivity contribution in [3.05, 3.63) is 35.9 Å². The Labute approximate surface area is 85.4 Å². The molecule has 14 heavy (non-hydrogen) atoms. The summed E-state index contributed by atoms with van der Waals surface area (Å²) in [6.45, 7) is 6.54. The van der Waals surface area contributed by atoms with Crippen LogP contribution in [0.4, 0.5) is 0 Å². The van der Waals surface area contributed by atoms with Crippen molar-refractivity contribution >= 4 is 0 Å². The molecule has 3 atom stereocenters. The van der Waals surface area contributed by atoms with E-state index in [1.807, 2.05) is 6.07 Å². The Morgan fingerprint density at radius 3 is 2.29 bits per heavy atom. The Balaban J connectivity index is 2.01. The van der Waals surface area contributed by atoms with Crippen molar-refractivity contribution in [2.75, 3.05) is 0 Å². The van der Waals surface area contributed by atoms with Gasteiger partial charge < -0.3 is 0 Å². The minimum absolute atomic E-state index is 0.310. The van der Waals surface area contributed by atoms with Crippen molar-refractivity contribution in [1.82, 2.24) is 5.06 Å². The molecule has 1 aromatic carbocycles. The van der Waals surface area contributed by atoms with Crippen LogP contribution in [0.2, 0.25) is 0 Å². The maximum atomic E-state index is 5.53. The topological polar surface area (TPSA) is 15.5 Å². The highest BCUT2D eigenvalue weighted by atomic mass is 16.8. The van der Waals surface area contributed by atoms with Crippen LogP contribution in [0.5, 0.6) is 0 Å². The number of benzene rings is 1. The third-order valence-corrected chi connectivity index (χ3v) is 2.67. The number of rotatable bonds is 3. The van der Waals surface area contributed by atoms with Gasteiger partial charge in [-0.2, -0.15) is 0 Å². The quantitative estimate of drug-likeness (QED) is 0.682. The fourth-order valence-corrected chi connectivity index (χ4v) is 1.70. The van der Waals surface area contributed by atoms with Gasteiger partial charge in [0, 0.05) is 0 Å². The standard InChI is InChI=1S/C12H17NO/c1-9(2)12-13(14-12)10(3)11-7-5-4-6-8-11/h4-10,12H,1-3H3/t10?,12-,13?/m0/s1. The Hall–Kier alpha value is -0.860. The lowest BCUT2D eigenvalue weighted by molar-refractivity contribution is 0.155. The number of hydrogen-bond acceptors (Lipinski definition) is 2. The summed E-state index contributed by atoms with van der Waals surface area (Å²) in [4.78, 5) is 5.53. The predicted octanol–water partition coefficient (Wildman–Crippen LogP) is 2.98. The molecule has 0 N–H and O–H groups in total. The maximum Gasteiger partial charge on any atom is 0.157 e. The van der Waals surface area contributed by atoms with E-state index >= 15 is 0 Å². The SMILES string of the molecule is CC(C)[C@@H]1ON1C(C)c1ccccc1. The number of hydrogen-bond donors (Lipinski definition) is 0. The predicted molar refractivity (Wildman–Crippen MR) is 56.4 cm³/mol. The van der Waals surface area contributed by atoms with Crippen molar-refractivity contribution in [3.63, 3.8) is 0 Å². The van der Waals surface area contributed by atoms with Crippen LogP contribution >= 0.6 is 0 Å². The molecule has 0 spiro atoms. The summed E-state index contributed by atoms with van der Waals surface area (Å²) >= 11 is 0. The first-order valence-corrected chi connectivity index (χ1v) is 5.20. The summed E-state index contributed by atoms with van der Waals surface area (Å²) in [7, 11) is 0. The average Bonchev–Trinajstić information content (AvgIpc) is 2.97. The van der Waals surface area contributed by atoms with Crippen LogP contribution < -0.4 is 0 Å². The van der Waals surface area contributed by atoms with Crippen molar-refractivity contribution in [1.29, 1.82) is 0 Å². The highest BCUT2D eigenvalue weighted by Gasteiger charge is 2.42. The third kappa shape index (κ3) is 1.81. The summed E-state index contributed by atoms with van der Waals surface area (Å²) in [5.41, 5.74) is 1.32. The van der Waals surface area contributed by atoms with E-state index in [0.717, 1.165) is 0 Å². The van der Waals surface area contributed by atoms with Gasteiger partial charge in [0.15, 0.2) is 6.23 Å². The molecule has 1 heterocycles. The van der Waals surface area contributed by atoms with Crippen LogP contribution in [0.3, 0.4) is 0 Å². The largest absolute Gasteiger partial charge is 0.274 e. The second kappa shape index (κ2) is 3.71. The van der Waals surface area contributed by atoms with Gasteiger partial charge in [0.25, 0.3) is 0 Å². The second-order valence-electron chi connectivity index (χ2n) is 4.19. The molecule has 2 rings (SSSR count). The van der Waals surface area contributed by atoms with Crippen LogP contribution in [0, 0.1) is 5.92 Å². The van der Waals surface area contributed by atoms with Gasteiger partial charge >= 0.3 is 0 Å². The van der Waals surface area contributed by atoms with E-state index in [-0.39, 0.29) is 0 Å². The molecule has 1 aromatic rings. The van der Waals surface area contributed by atoms with Crippen molar-refractivity contribution < 1.29 is 4.84 Å². The first-order valence-electron chi connectivity index (χ1n) is 5.20. The van der Waals surface area contributed by atoms with Gasteiger partial charge in [0.1, 0.15) is 0 Å². The summed E-state index contributed by atoms with van der Waals surface area (Å²) in [6, 6.07) is 10.8. The van der Waals surface area contributed by atoms with Gasteiger partial charge in [-0.15, -0.1) is 5.06 Å². The Morgan fingerprint density at radius 2 is 1.79 bits per heavy atom. The minimum Gasteiger partial charge on any atom is -0.274 e. The molecule has 0 aromatic heterocycles. The van der Waals surface area contributed by atoms with Gasteiger partial charge in [-0.1, -0.05) is 44.2 Å². The fraction of sp³-hybridized carbons (Fsp3) is 0.500. The highest BCUT2D eigenvalue weighted by molar-refractivity contribution is 5.18. The monoisotopic (exact) mass is 191 g/mol. The van der Waals surface area contributed by atoms with Crippen LogP contribution in [0.1, 0.15) is 32.4 Å². The third-order valence-electron chi connectivity index (χ3n) is 2.67. The fourth-order valence-electron chi connectivity index (χ4n) is 1.70. The van der Waals surface area contributed by atoms with E-state index in [1.165, 1.54) is 5.56 Å². The van der Waals surface area contributed by atoms with E-state index < -0.39 is 0 Å². The maximum absolute atomic E-state index is 5.53. The lowest BCUT2D eigenvalue weighted by Crippen LogP contribution is -2.11. The van der Waals surface area contributed by atoms with Crippen LogP contribution in [0.15, 0.2) is 30.3 Å². The Bertz CT molecular complexity index is 296. The molecular weight excluding hydrogens is 174 g/mol. The van der Waals surface area contributed by atoms with Gasteiger partial charge in [-0.25, -0.2) is 0 Å². The summed E-state index contributed by atoms with van der Waals surface area (Å²) in [5, 5.41) is 2.07. The molecule has 2 heteroatoms. The molecule has 1 aliphatic rings. The van der Waals surface area contributed by atoms with Crippen molar-refractivity contribution in [3.8, 4) is 0 Å². The molecule has 0 aliphatic carbocycles. The Morgan fingerprint density at radius 1 is 1.14 bits per heavy atom. The number of hydroxylamine groups is 2. The lowest BCUT2D eigenvalue weighted by Gasteiger charge is -2.10. The van der Waals surface area contributed by atoms with Crippen LogP contribution in [-0.4, -0.2) is 11.3 Å². The molecule has 2 nitrogen and oxygen atoms in total. The number of nitrogens with zero attached hydrogens (tertiary/aromatic N) is 1. The molecule has 0 amide bonds. The Kier molecular flexibility index (Phi) is 2.57. The van der Waals surface area contributed by atoms with E-state index in [1.54, 1.807) is 0 Å². The smallest absolute Gasteiger partial charge is 0.157 e. The summed E-state index contributed by atoms with van der Waals surface area (Å²) in [5.74, 6) is 0.571. The zero-order chi connectivity index (χ0) is 10.1. The summed E-state index contributed by atoms with van der Waals surface area (Å²) in [6.07, 6.45) is 0.310. The molecular formula is C12H17NO. The van der Waals surface area contributed by atoms with E-state index in [2.05, 4.69) is 50.1 Å². The minimum atomic E-state index is 0.310. The molecule has 76 valence electrons. The first-order chi connectivity index (χ1) is 6.70. The highest BCUT2D eigenvalue weighted by Crippen LogP contribution is 2.36. The molecule has 0 radical (unpaired) electrons. The van der Waals surface area contributed by atoms with E-state index in [9.17, 15) is 0 Å². The van der Waals surface area contributed by atoms with Crippen LogP contribution in [-0.2, 0) is 4.84 Å². The molecule has 1 aliphatic heterocycles. The molecule has 0 bridgehead atoms. The molecule has 1 fully saturated rings. The molecule has 0 saturated carbocycles. The molecule has 1 saturated heterocycles. The van der Waals surface area contributed by atoms with Crippen molar-refractivity contribution in [2.24, 2.45) is 5.92 Å². The van der Waals surface area contributed by atoms with Gasteiger partial charge in [0.05, 0.1) is 6.04 Å². The van der Waals surface area contributed by atoms with Crippen LogP contribution in [0.25, 0.3) is 0 Å². The summed E-state index contributed by atoms with van der Waals surface area (Å²) < 4.78 is 0. The zero-order valence-corrected chi connectivity index (χ0v) is 8.97. The first kappa shape index (κ1) is 9.69. The van der Waals surface area contributed by atoms with E-state index in [0.29, 0.717) is 18.2 Å². The van der Waals surface area contributed by atoms with Gasteiger partial charge in [0.2, 0.25) is 0 Å². The van der Waals surface area contributed by atoms with Gasteiger partial charge in [-0.05, 0) is 18.4 Å². The zero-order valence-electron chi connectivity index (χ0n) is 8.97. The second-order valence-corrected chi connectivity index (χ2v) is 4.19. The average molecular weight is 191 g/mol.